The normalized spacial score (nSPS) is 14.4. The van der Waals surface area contributed by atoms with E-state index in [0.717, 1.165) is 16.7 Å². The van der Waals surface area contributed by atoms with Crippen LogP contribution < -0.4 is 5.32 Å². The molecule has 0 aromatic heterocycles. The Morgan fingerprint density at radius 1 is 0.926 bits per heavy atom. The number of piperazine rings is 1. The molecule has 0 aliphatic carbocycles. The van der Waals surface area contributed by atoms with Gasteiger partial charge >= 0.3 is 11.8 Å². The highest BCUT2D eigenvalue weighted by Crippen LogP contribution is 2.15. The van der Waals surface area contributed by atoms with Gasteiger partial charge in [-0.05, 0) is 42.7 Å². The van der Waals surface area contributed by atoms with Crippen LogP contribution in [0.3, 0.4) is 0 Å². The SMILES string of the molecule is Cc1ccc(NC(=O)CN2CCN(Cc3ccccc3)C(=O)C2=O)cc1C. The lowest BCUT2D eigenvalue weighted by Gasteiger charge is -2.33. The molecule has 0 bridgehead atoms. The largest absolute Gasteiger partial charge is 0.328 e. The maximum absolute atomic E-state index is 12.4. The highest BCUT2D eigenvalue weighted by molar-refractivity contribution is 6.35. The van der Waals surface area contributed by atoms with E-state index in [0.29, 0.717) is 25.3 Å². The minimum atomic E-state index is -0.632. The van der Waals surface area contributed by atoms with Crippen LogP contribution in [-0.4, -0.2) is 47.2 Å². The molecule has 140 valence electrons. The van der Waals surface area contributed by atoms with Gasteiger partial charge in [-0.15, -0.1) is 0 Å². The molecule has 1 N–H and O–H groups in total. The second kappa shape index (κ2) is 8.03. The van der Waals surface area contributed by atoms with Gasteiger partial charge in [0.25, 0.3) is 0 Å². The van der Waals surface area contributed by atoms with E-state index in [1.807, 2.05) is 62.4 Å². The van der Waals surface area contributed by atoms with Crippen LogP contribution in [0.5, 0.6) is 0 Å². The maximum Gasteiger partial charge on any atom is 0.312 e. The minimum absolute atomic E-state index is 0.128. The van der Waals surface area contributed by atoms with Crippen molar-refractivity contribution in [1.29, 1.82) is 0 Å². The predicted octanol–water partition coefficient (Wildman–Crippen LogP) is 2.11. The third-order valence-electron chi connectivity index (χ3n) is 4.74. The molecule has 0 radical (unpaired) electrons. The summed E-state index contributed by atoms with van der Waals surface area (Å²) in [7, 11) is 0. The van der Waals surface area contributed by atoms with Crippen LogP contribution in [0.25, 0.3) is 0 Å². The fourth-order valence-electron chi connectivity index (χ4n) is 3.01. The molecular formula is C21H23N3O3. The number of hydrogen-bond acceptors (Lipinski definition) is 3. The van der Waals surface area contributed by atoms with Gasteiger partial charge in [0.2, 0.25) is 5.91 Å². The van der Waals surface area contributed by atoms with Gasteiger partial charge in [0.15, 0.2) is 0 Å². The summed E-state index contributed by atoms with van der Waals surface area (Å²) in [6.07, 6.45) is 0. The van der Waals surface area contributed by atoms with Crippen molar-refractivity contribution in [3.8, 4) is 0 Å². The molecule has 6 nitrogen and oxygen atoms in total. The molecule has 2 aromatic rings. The summed E-state index contributed by atoms with van der Waals surface area (Å²) in [5.41, 5.74) is 3.88. The van der Waals surface area contributed by atoms with Gasteiger partial charge in [-0.1, -0.05) is 36.4 Å². The van der Waals surface area contributed by atoms with E-state index < -0.39 is 11.8 Å². The summed E-state index contributed by atoms with van der Waals surface area (Å²) in [5.74, 6) is -1.51. The second-order valence-corrected chi connectivity index (χ2v) is 6.79. The maximum atomic E-state index is 12.4. The van der Waals surface area contributed by atoms with Crippen molar-refractivity contribution in [1.82, 2.24) is 9.80 Å². The highest BCUT2D eigenvalue weighted by atomic mass is 16.2. The third-order valence-corrected chi connectivity index (χ3v) is 4.74. The summed E-state index contributed by atoms with van der Waals surface area (Å²) in [4.78, 5) is 39.8. The van der Waals surface area contributed by atoms with Crippen molar-refractivity contribution in [3.63, 3.8) is 0 Å². The number of rotatable bonds is 5. The van der Waals surface area contributed by atoms with E-state index in [1.54, 1.807) is 0 Å². The van der Waals surface area contributed by atoms with Gasteiger partial charge < -0.3 is 15.1 Å². The smallest absolute Gasteiger partial charge is 0.312 e. The molecular weight excluding hydrogens is 342 g/mol. The molecule has 0 atom stereocenters. The molecule has 1 aliphatic heterocycles. The summed E-state index contributed by atoms with van der Waals surface area (Å²) < 4.78 is 0. The quantitative estimate of drug-likeness (QED) is 0.825. The number of carbonyl (C=O) groups is 3. The van der Waals surface area contributed by atoms with Crippen molar-refractivity contribution in [2.24, 2.45) is 0 Å². The standard InChI is InChI=1S/C21H23N3O3/c1-15-8-9-18(12-16(15)2)22-19(25)14-24-11-10-23(20(26)21(24)27)13-17-6-4-3-5-7-17/h3-9,12H,10-11,13-14H2,1-2H3,(H,22,25). The summed E-state index contributed by atoms with van der Waals surface area (Å²) >= 11 is 0. The zero-order valence-corrected chi connectivity index (χ0v) is 15.6. The van der Waals surface area contributed by atoms with Gasteiger partial charge in [0, 0.05) is 25.3 Å². The van der Waals surface area contributed by atoms with Crippen LogP contribution in [0.15, 0.2) is 48.5 Å². The van der Waals surface area contributed by atoms with E-state index in [1.165, 1.54) is 9.80 Å². The topological polar surface area (TPSA) is 69.7 Å². The number of anilines is 1. The molecule has 2 aromatic carbocycles. The van der Waals surface area contributed by atoms with Gasteiger partial charge in [-0.25, -0.2) is 0 Å². The van der Waals surface area contributed by atoms with E-state index in [2.05, 4.69) is 5.32 Å². The van der Waals surface area contributed by atoms with E-state index in [4.69, 9.17) is 0 Å². The predicted molar refractivity (Wildman–Crippen MR) is 103 cm³/mol. The Morgan fingerprint density at radius 3 is 2.30 bits per heavy atom. The first-order valence-corrected chi connectivity index (χ1v) is 8.93. The number of nitrogens with zero attached hydrogens (tertiary/aromatic N) is 2. The zero-order valence-electron chi connectivity index (χ0n) is 15.6. The van der Waals surface area contributed by atoms with Gasteiger partial charge in [0.05, 0.1) is 0 Å². The van der Waals surface area contributed by atoms with Gasteiger partial charge in [0.1, 0.15) is 6.54 Å². The Kier molecular flexibility index (Phi) is 5.54. The zero-order chi connectivity index (χ0) is 19.4. The third kappa shape index (κ3) is 4.53. The Bertz CT molecular complexity index is 864. The van der Waals surface area contributed by atoms with E-state index >= 15 is 0 Å². The van der Waals surface area contributed by atoms with Crippen LogP contribution in [0.1, 0.15) is 16.7 Å². The fourth-order valence-corrected chi connectivity index (χ4v) is 3.01. The second-order valence-electron chi connectivity index (χ2n) is 6.79. The summed E-state index contributed by atoms with van der Waals surface area (Å²) in [5, 5.41) is 2.79. The van der Waals surface area contributed by atoms with Crippen LogP contribution in [0, 0.1) is 13.8 Å². The fraction of sp³-hybridized carbons (Fsp3) is 0.286. The Hall–Kier alpha value is -3.15. The summed E-state index contributed by atoms with van der Waals surface area (Å²) in [6, 6.07) is 15.2. The Morgan fingerprint density at radius 2 is 1.59 bits per heavy atom. The average molecular weight is 365 g/mol. The number of nitrogens with one attached hydrogen (secondary N) is 1. The first kappa shape index (κ1) is 18.6. The average Bonchev–Trinajstić information content (AvgIpc) is 2.65. The van der Waals surface area contributed by atoms with Gasteiger partial charge in [-0.2, -0.15) is 0 Å². The molecule has 1 aliphatic rings. The van der Waals surface area contributed by atoms with Crippen molar-refractivity contribution >= 4 is 23.4 Å². The molecule has 1 heterocycles. The van der Waals surface area contributed by atoms with E-state index in [-0.39, 0.29) is 12.5 Å². The summed E-state index contributed by atoms with van der Waals surface area (Å²) in [6.45, 7) is 5.00. The number of aryl methyl sites for hydroxylation is 2. The highest BCUT2D eigenvalue weighted by Gasteiger charge is 2.33. The van der Waals surface area contributed by atoms with Crippen LogP contribution >= 0.6 is 0 Å². The number of hydrogen-bond donors (Lipinski definition) is 1. The first-order chi connectivity index (χ1) is 12.9. The molecule has 0 unspecified atom stereocenters. The molecule has 27 heavy (non-hydrogen) atoms. The first-order valence-electron chi connectivity index (χ1n) is 8.93. The monoisotopic (exact) mass is 365 g/mol. The minimum Gasteiger partial charge on any atom is -0.328 e. The Balaban J connectivity index is 1.57. The molecule has 6 heteroatoms. The van der Waals surface area contributed by atoms with Crippen LogP contribution in [0.2, 0.25) is 0 Å². The molecule has 1 saturated heterocycles. The van der Waals surface area contributed by atoms with Crippen molar-refractivity contribution < 1.29 is 14.4 Å². The lowest BCUT2D eigenvalue weighted by Crippen LogP contribution is -2.55. The van der Waals surface area contributed by atoms with Crippen LogP contribution in [0.4, 0.5) is 5.69 Å². The van der Waals surface area contributed by atoms with Crippen molar-refractivity contribution in [2.75, 3.05) is 25.0 Å². The molecule has 0 spiro atoms. The van der Waals surface area contributed by atoms with Gasteiger partial charge in [-0.3, -0.25) is 14.4 Å². The van der Waals surface area contributed by atoms with E-state index in [9.17, 15) is 14.4 Å². The number of amides is 3. The molecule has 1 fully saturated rings. The van der Waals surface area contributed by atoms with Crippen molar-refractivity contribution in [3.05, 3.63) is 65.2 Å². The Labute approximate surface area is 158 Å². The van der Waals surface area contributed by atoms with Crippen LogP contribution in [-0.2, 0) is 20.9 Å². The molecule has 0 saturated carbocycles. The lowest BCUT2D eigenvalue weighted by atomic mass is 10.1. The number of carbonyl (C=O) groups excluding carboxylic acids is 3. The van der Waals surface area contributed by atoms with Crippen molar-refractivity contribution in [2.45, 2.75) is 20.4 Å². The molecule has 3 amide bonds. The molecule has 3 rings (SSSR count). The lowest BCUT2D eigenvalue weighted by molar-refractivity contribution is -0.157. The number of benzene rings is 2.